The van der Waals surface area contributed by atoms with Gasteiger partial charge in [0.25, 0.3) is 5.91 Å². The summed E-state index contributed by atoms with van der Waals surface area (Å²) in [5, 5.41) is 8.76. The fraction of sp³-hybridized carbons (Fsp3) is 0.462. The van der Waals surface area contributed by atoms with E-state index in [1.165, 1.54) is 7.11 Å². The maximum absolute atomic E-state index is 12.3. The van der Waals surface area contributed by atoms with E-state index >= 15 is 0 Å². The van der Waals surface area contributed by atoms with Crippen LogP contribution in [-0.2, 0) is 4.79 Å². The number of pyridine rings is 1. The number of methoxy groups -OCH3 is 1. The van der Waals surface area contributed by atoms with Crippen LogP contribution in [-0.4, -0.2) is 47.1 Å². The van der Waals surface area contributed by atoms with Crippen LogP contribution in [0, 0.1) is 5.92 Å². The van der Waals surface area contributed by atoms with Crippen molar-refractivity contribution in [1.82, 2.24) is 9.88 Å². The topological polar surface area (TPSA) is 79.7 Å². The molecule has 1 N–H and O–H groups in total. The predicted octanol–water partition coefficient (Wildman–Crippen LogP) is 1.03. The lowest BCUT2D eigenvalue weighted by molar-refractivity contribution is -0.138. The number of carbonyl (C=O) groups is 2. The van der Waals surface area contributed by atoms with Gasteiger partial charge in [0, 0.05) is 25.7 Å². The van der Waals surface area contributed by atoms with Gasteiger partial charge in [-0.05, 0) is 24.5 Å². The third kappa shape index (κ3) is 3.01. The lowest BCUT2D eigenvalue weighted by atomic mass is 10.1. The maximum Gasteiger partial charge on any atom is 0.303 e. The molecule has 6 heteroatoms. The minimum atomic E-state index is -0.821. The van der Waals surface area contributed by atoms with Gasteiger partial charge in [-0.2, -0.15) is 0 Å². The second kappa shape index (κ2) is 5.69. The SMILES string of the molecule is COc1ncccc1C(=O)N1CCC(CC(=O)O)C1. The van der Waals surface area contributed by atoms with E-state index in [2.05, 4.69) is 4.98 Å². The van der Waals surface area contributed by atoms with Gasteiger partial charge in [-0.3, -0.25) is 9.59 Å². The van der Waals surface area contributed by atoms with Gasteiger partial charge in [-0.1, -0.05) is 0 Å². The molecule has 0 spiro atoms. The summed E-state index contributed by atoms with van der Waals surface area (Å²) in [7, 11) is 1.47. The minimum absolute atomic E-state index is 0.0316. The first-order valence-corrected chi connectivity index (χ1v) is 6.12. The number of ether oxygens (including phenoxy) is 1. The number of carboxylic acids is 1. The van der Waals surface area contributed by atoms with E-state index in [9.17, 15) is 9.59 Å². The lowest BCUT2D eigenvalue weighted by Gasteiger charge is -2.17. The highest BCUT2D eigenvalue weighted by atomic mass is 16.5. The first kappa shape index (κ1) is 13.3. The van der Waals surface area contributed by atoms with Crippen LogP contribution in [0.2, 0.25) is 0 Å². The van der Waals surface area contributed by atoms with Gasteiger partial charge in [0.1, 0.15) is 5.56 Å². The van der Waals surface area contributed by atoms with Crippen molar-refractivity contribution in [2.75, 3.05) is 20.2 Å². The van der Waals surface area contributed by atoms with Crippen LogP contribution in [0.3, 0.4) is 0 Å². The van der Waals surface area contributed by atoms with Gasteiger partial charge < -0.3 is 14.7 Å². The van der Waals surface area contributed by atoms with E-state index in [1.54, 1.807) is 23.2 Å². The molecule has 0 aliphatic carbocycles. The van der Waals surface area contributed by atoms with Gasteiger partial charge >= 0.3 is 5.97 Å². The molecule has 1 atom stereocenters. The molecule has 1 unspecified atom stereocenters. The van der Waals surface area contributed by atoms with Crippen LogP contribution in [0.4, 0.5) is 0 Å². The van der Waals surface area contributed by atoms with Crippen molar-refractivity contribution in [1.29, 1.82) is 0 Å². The number of aliphatic carboxylic acids is 1. The van der Waals surface area contributed by atoms with Crippen LogP contribution >= 0.6 is 0 Å². The molecule has 2 rings (SSSR count). The predicted molar refractivity (Wildman–Crippen MR) is 67.1 cm³/mol. The average molecular weight is 264 g/mol. The largest absolute Gasteiger partial charge is 0.481 e. The Kier molecular flexibility index (Phi) is 3.99. The van der Waals surface area contributed by atoms with E-state index in [0.717, 1.165) is 6.42 Å². The summed E-state index contributed by atoms with van der Waals surface area (Å²) in [6.45, 7) is 1.05. The van der Waals surface area contributed by atoms with E-state index < -0.39 is 5.97 Å². The summed E-state index contributed by atoms with van der Waals surface area (Å²) in [5.41, 5.74) is 0.418. The summed E-state index contributed by atoms with van der Waals surface area (Å²) in [4.78, 5) is 28.6. The molecular formula is C13H16N2O4. The maximum atomic E-state index is 12.3. The minimum Gasteiger partial charge on any atom is -0.481 e. The number of hydrogen-bond donors (Lipinski definition) is 1. The third-order valence-electron chi connectivity index (χ3n) is 3.23. The number of hydrogen-bond acceptors (Lipinski definition) is 4. The highest BCUT2D eigenvalue weighted by molar-refractivity contribution is 5.96. The summed E-state index contributed by atoms with van der Waals surface area (Å²) < 4.78 is 5.06. The van der Waals surface area contributed by atoms with E-state index in [-0.39, 0.29) is 18.2 Å². The quantitative estimate of drug-likeness (QED) is 0.878. The molecule has 1 aromatic heterocycles. The Labute approximate surface area is 111 Å². The normalized spacial score (nSPS) is 18.4. The first-order valence-electron chi connectivity index (χ1n) is 6.12. The van der Waals surface area contributed by atoms with Crippen molar-refractivity contribution in [3.05, 3.63) is 23.9 Å². The molecule has 1 aliphatic heterocycles. The summed E-state index contributed by atoms with van der Waals surface area (Å²) in [6.07, 6.45) is 2.39. The van der Waals surface area contributed by atoms with Crippen molar-refractivity contribution in [2.24, 2.45) is 5.92 Å². The molecule has 0 radical (unpaired) electrons. The van der Waals surface area contributed by atoms with Crippen LogP contribution in [0.1, 0.15) is 23.2 Å². The Hall–Kier alpha value is -2.11. The van der Waals surface area contributed by atoms with Crippen molar-refractivity contribution < 1.29 is 19.4 Å². The van der Waals surface area contributed by atoms with E-state index in [4.69, 9.17) is 9.84 Å². The third-order valence-corrected chi connectivity index (χ3v) is 3.23. The number of nitrogens with zero attached hydrogens (tertiary/aromatic N) is 2. The van der Waals surface area contributed by atoms with Crippen molar-refractivity contribution >= 4 is 11.9 Å². The molecule has 0 aromatic carbocycles. The van der Waals surface area contributed by atoms with Crippen molar-refractivity contribution in [3.8, 4) is 5.88 Å². The Bertz CT molecular complexity index is 489. The Balaban J connectivity index is 2.07. The number of carbonyl (C=O) groups excluding carboxylic acids is 1. The summed E-state index contributed by atoms with van der Waals surface area (Å²) in [5.74, 6) is -0.644. The fourth-order valence-corrected chi connectivity index (χ4v) is 2.32. The van der Waals surface area contributed by atoms with Crippen LogP contribution in [0.15, 0.2) is 18.3 Å². The first-order chi connectivity index (χ1) is 9.11. The number of rotatable bonds is 4. The molecule has 0 bridgehead atoms. The average Bonchev–Trinajstić information content (AvgIpc) is 2.85. The molecular weight excluding hydrogens is 248 g/mol. The molecule has 1 saturated heterocycles. The lowest BCUT2D eigenvalue weighted by Crippen LogP contribution is -2.29. The van der Waals surface area contributed by atoms with Gasteiger partial charge in [-0.25, -0.2) is 4.98 Å². The number of aromatic nitrogens is 1. The number of amides is 1. The zero-order valence-electron chi connectivity index (χ0n) is 10.7. The Morgan fingerprint density at radius 3 is 3.05 bits per heavy atom. The van der Waals surface area contributed by atoms with Crippen molar-refractivity contribution in [2.45, 2.75) is 12.8 Å². The number of likely N-dealkylation sites (tertiary alicyclic amines) is 1. The Morgan fingerprint density at radius 1 is 1.58 bits per heavy atom. The van der Waals surface area contributed by atoms with Crippen LogP contribution < -0.4 is 4.74 Å². The molecule has 1 aromatic rings. The van der Waals surface area contributed by atoms with Gasteiger partial charge in [0.05, 0.1) is 7.11 Å². The molecule has 1 fully saturated rings. The number of carboxylic acid groups (broad SMARTS) is 1. The van der Waals surface area contributed by atoms with Gasteiger partial charge in [-0.15, -0.1) is 0 Å². The smallest absolute Gasteiger partial charge is 0.303 e. The van der Waals surface area contributed by atoms with Crippen LogP contribution in [0.25, 0.3) is 0 Å². The van der Waals surface area contributed by atoms with E-state index in [1.807, 2.05) is 0 Å². The van der Waals surface area contributed by atoms with Gasteiger partial charge in [0.2, 0.25) is 5.88 Å². The standard InChI is InChI=1S/C13H16N2O4/c1-19-12-10(3-2-5-14-12)13(18)15-6-4-9(8-15)7-11(16)17/h2-3,5,9H,4,6-8H2,1H3,(H,16,17). The molecule has 1 aliphatic rings. The van der Waals surface area contributed by atoms with Crippen molar-refractivity contribution in [3.63, 3.8) is 0 Å². The molecule has 2 heterocycles. The summed E-state index contributed by atoms with van der Waals surface area (Å²) >= 11 is 0. The molecule has 102 valence electrons. The van der Waals surface area contributed by atoms with Crippen LogP contribution in [0.5, 0.6) is 5.88 Å². The van der Waals surface area contributed by atoms with E-state index in [0.29, 0.717) is 24.5 Å². The molecule has 1 amide bonds. The highest BCUT2D eigenvalue weighted by Gasteiger charge is 2.29. The zero-order valence-corrected chi connectivity index (χ0v) is 10.7. The molecule has 19 heavy (non-hydrogen) atoms. The van der Waals surface area contributed by atoms with Gasteiger partial charge in [0.15, 0.2) is 0 Å². The monoisotopic (exact) mass is 264 g/mol. The highest BCUT2D eigenvalue weighted by Crippen LogP contribution is 2.23. The molecule has 6 nitrogen and oxygen atoms in total. The zero-order chi connectivity index (χ0) is 13.8. The summed E-state index contributed by atoms with van der Waals surface area (Å²) in [6, 6.07) is 3.35. The second-order valence-corrected chi connectivity index (χ2v) is 4.56. The second-order valence-electron chi connectivity index (χ2n) is 4.56. The molecule has 0 saturated carbocycles. The Morgan fingerprint density at radius 2 is 2.37 bits per heavy atom. The fourth-order valence-electron chi connectivity index (χ4n) is 2.32.